The van der Waals surface area contributed by atoms with Gasteiger partial charge in [-0.15, -0.1) is 0 Å². The Hall–Kier alpha value is -1.53. The van der Waals surface area contributed by atoms with Crippen LogP contribution >= 0.6 is 0 Å². The Kier molecular flexibility index (Phi) is 3.35. The predicted molar refractivity (Wildman–Crippen MR) is 64.9 cm³/mol. The topological polar surface area (TPSA) is 53.2 Å². The van der Waals surface area contributed by atoms with Gasteiger partial charge in [0.2, 0.25) is 0 Å². The zero-order chi connectivity index (χ0) is 12.4. The van der Waals surface area contributed by atoms with Gasteiger partial charge in [-0.2, -0.15) is 5.26 Å². The number of benzene rings is 1. The first-order valence-electron chi connectivity index (χ1n) is 5.99. The minimum absolute atomic E-state index is 0.123. The average Bonchev–Trinajstić information content (AvgIpc) is 2.27. The SMILES string of the molecule is CC(C)c1cc(OC2CC(O)C2)ccc1C#N. The summed E-state index contributed by atoms with van der Waals surface area (Å²) in [5, 5.41) is 18.2. The summed E-state index contributed by atoms with van der Waals surface area (Å²) in [5.41, 5.74) is 1.73. The Labute approximate surface area is 102 Å². The Morgan fingerprint density at radius 2 is 2.12 bits per heavy atom. The number of hydrogen-bond donors (Lipinski definition) is 1. The molecule has 0 bridgehead atoms. The number of nitrogens with zero attached hydrogens (tertiary/aromatic N) is 1. The predicted octanol–water partition coefficient (Wildman–Crippen LogP) is 2.58. The molecule has 2 rings (SSSR count). The van der Waals surface area contributed by atoms with Crippen LogP contribution < -0.4 is 4.74 Å². The lowest BCUT2D eigenvalue weighted by atomic mass is 9.92. The summed E-state index contributed by atoms with van der Waals surface area (Å²) < 4.78 is 5.74. The number of ether oxygens (including phenoxy) is 1. The fourth-order valence-corrected chi connectivity index (χ4v) is 2.02. The molecule has 0 atom stereocenters. The van der Waals surface area contributed by atoms with Crippen molar-refractivity contribution < 1.29 is 9.84 Å². The molecule has 17 heavy (non-hydrogen) atoms. The van der Waals surface area contributed by atoms with Gasteiger partial charge in [-0.3, -0.25) is 0 Å². The molecule has 0 spiro atoms. The fourth-order valence-electron chi connectivity index (χ4n) is 2.02. The van der Waals surface area contributed by atoms with Gasteiger partial charge in [0, 0.05) is 12.8 Å². The van der Waals surface area contributed by atoms with Crippen molar-refractivity contribution in [2.45, 2.75) is 44.8 Å². The van der Waals surface area contributed by atoms with Gasteiger partial charge in [0.25, 0.3) is 0 Å². The molecule has 90 valence electrons. The van der Waals surface area contributed by atoms with Gasteiger partial charge in [-0.1, -0.05) is 13.8 Å². The minimum atomic E-state index is -0.206. The van der Waals surface area contributed by atoms with Crippen molar-refractivity contribution in [2.24, 2.45) is 0 Å². The molecule has 0 saturated heterocycles. The lowest BCUT2D eigenvalue weighted by Gasteiger charge is -2.31. The highest BCUT2D eigenvalue weighted by Crippen LogP contribution is 2.29. The molecule has 1 fully saturated rings. The molecule has 0 amide bonds. The largest absolute Gasteiger partial charge is 0.490 e. The van der Waals surface area contributed by atoms with Crippen LogP contribution in [0.25, 0.3) is 0 Å². The van der Waals surface area contributed by atoms with Crippen LogP contribution in [0, 0.1) is 11.3 Å². The molecule has 1 aliphatic carbocycles. The van der Waals surface area contributed by atoms with Gasteiger partial charge in [-0.25, -0.2) is 0 Å². The summed E-state index contributed by atoms with van der Waals surface area (Å²) in [6.07, 6.45) is 1.33. The van der Waals surface area contributed by atoms with E-state index in [2.05, 4.69) is 19.9 Å². The zero-order valence-corrected chi connectivity index (χ0v) is 10.2. The highest BCUT2D eigenvalue weighted by atomic mass is 16.5. The van der Waals surface area contributed by atoms with E-state index in [0.29, 0.717) is 24.3 Å². The standard InChI is InChI=1S/C14H17NO2/c1-9(2)14-7-12(4-3-10(14)8-15)17-13-5-11(16)6-13/h3-4,7,9,11,13,16H,5-6H2,1-2H3. The van der Waals surface area contributed by atoms with E-state index in [1.165, 1.54) is 0 Å². The van der Waals surface area contributed by atoms with Gasteiger partial charge >= 0.3 is 0 Å². The molecule has 1 N–H and O–H groups in total. The third kappa shape index (κ3) is 2.59. The first kappa shape index (κ1) is 11.9. The molecule has 0 aliphatic heterocycles. The number of aliphatic hydroxyl groups is 1. The summed E-state index contributed by atoms with van der Waals surface area (Å²) in [7, 11) is 0. The highest BCUT2D eigenvalue weighted by molar-refractivity contribution is 5.44. The van der Waals surface area contributed by atoms with Gasteiger partial charge < -0.3 is 9.84 Å². The van der Waals surface area contributed by atoms with E-state index in [1.54, 1.807) is 6.07 Å². The highest BCUT2D eigenvalue weighted by Gasteiger charge is 2.29. The molecule has 1 aromatic rings. The van der Waals surface area contributed by atoms with Crippen molar-refractivity contribution in [3.8, 4) is 11.8 Å². The Morgan fingerprint density at radius 3 is 2.65 bits per heavy atom. The summed E-state index contributed by atoms with van der Waals surface area (Å²) in [6.45, 7) is 4.13. The number of nitriles is 1. The fraction of sp³-hybridized carbons (Fsp3) is 0.500. The molecule has 1 saturated carbocycles. The van der Waals surface area contributed by atoms with Crippen molar-refractivity contribution in [3.63, 3.8) is 0 Å². The van der Waals surface area contributed by atoms with Crippen LogP contribution in [-0.4, -0.2) is 17.3 Å². The van der Waals surface area contributed by atoms with Crippen LogP contribution in [0.5, 0.6) is 5.75 Å². The van der Waals surface area contributed by atoms with Crippen LogP contribution in [0.4, 0.5) is 0 Å². The van der Waals surface area contributed by atoms with Gasteiger partial charge in [0.05, 0.1) is 17.7 Å². The van der Waals surface area contributed by atoms with Crippen molar-refractivity contribution in [1.29, 1.82) is 5.26 Å². The van der Waals surface area contributed by atoms with E-state index in [-0.39, 0.29) is 12.2 Å². The smallest absolute Gasteiger partial charge is 0.120 e. The second-order valence-corrected chi connectivity index (χ2v) is 4.88. The first-order chi connectivity index (χ1) is 8.10. The third-order valence-corrected chi connectivity index (χ3v) is 3.14. The van der Waals surface area contributed by atoms with E-state index in [9.17, 15) is 5.11 Å². The molecule has 0 radical (unpaired) electrons. The van der Waals surface area contributed by atoms with E-state index < -0.39 is 0 Å². The maximum absolute atomic E-state index is 9.20. The Balaban J connectivity index is 2.14. The lowest BCUT2D eigenvalue weighted by Crippen LogP contribution is -2.37. The maximum atomic E-state index is 9.20. The van der Waals surface area contributed by atoms with E-state index >= 15 is 0 Å². The number of hydrogen-bond acceptors (Lipinski definition) is 3. The van der Waals surface area contributed by atoms with Crippen molar-refractivity contribution in [2.75, 3.05) is 0 Å². The monoisotopic (exact) mass is 231 g/mol. The molecule has 3 nitrogen and oxygen atoms in total. The van der Waals surface area contributed by atoms with Gasteiger partial charge in [-0.05, 0) is 29.7 Å². The minimum Gasteiger partial charge on any atom is -0.490 e. The Morgan fingerprint density at radius 1 is 1.41 bits per heavy atom. The average molecular weight is 231 g/mol. The van der Waals surface area contributed by atoms with E-state index in [4.69, 9.17) is 10.00 Å². The molecule has 0 heterocycles. The van der Waals surface area contributed by atoms with Crippen LogP contribution in [0.2, 0.25) is 0 Å². The first-order valence-corrected chi connectivity index (χ1v) is 5.99. The maximum Gasteiger partial charge on any atom is 0.120 e. The molecule has 0 unspecified atom stereocenters. The normalized spacial score (nSPS) is 23.0. The third-order valence-electron chi connectivity index (χ3n) is 3.14. The molecule has 3 heteroatoms. The van der Waals surface area contributed by atoms with E-state index in [0.717, 1.165) is 11.3 Å². The van der Waals surface area contributed by atoms with Crippen LogP contribution in [0.15, 0.2) is 18.2 Å². The Bertz CT molecular complexity index is 442. The van der Waals surface area contributed by atoms with Crippen LogP contribution in [0.3, 0.4) is 0 Å². The van der Waals surface area contributed by atoms with Crippen LogP contribution in [0.1, 0.15) is 43.7 Å². The van der Waals surface area contributed by atoms with Crippen molar-refractivity contribution in [3.05, 3.63) is 29.3 Å². The van der Waals surface area contributed by atoms with Gasteiger partial charge in [0.15, 0.2) is 0 Å². The number of aliphatic hydroxyl groups excluding tert-OH is 1. The van der Waals surface area contributed by atoms with Crippen molar-refractivity contribution >= 4 is 0 Å². The molecular formula is C14H17NO2. The molecule has 0 aromatic heterocycles. The zero-order valence-electron chi connectivity index (χ0n) is 10.2. The second kappa shape index (κ2) is 4.77. The summed E-state index contributed by atoms with van der Waals surface area (Å²) in [4.78, 5) is 0. The van der Waals surface area contributed by atoms with Gasteiger partial charge in [0.1, 0.15) is 11.9 Å². The summed E-state index contributed by atoms with van der Waals surface area (Å²) >= 11 is 0. The van der Waals surface area contributed by atoms with Crippen molar-refractivity contribution in [1.82, 2.24) is 0 Å². The quantitative estimate of drug-likeness (QED) is 0.869. The summed E-state index contributed by atoms with van der Waals surface area (Å²) in [6, 6.07) is 7.77. The molecular weight excluding hydrogens is 214 g/mol. The van der Waals surface area contributed by atoms with Crippen LogP contribution in [-0.2, 0) is 0 Å². The second-order valence-electron chi connectivity index (χ2n) is 4.88. The lowest BCUT2D eigenvalue weighted by molar-refractivity contribution is -0.0108. The summed E-state index contributed by atoms with van der Waals surface area (Å²) in [5.74, 6) is 1.10. The van der Waals surface area contributed by atoms with E-state index in [1.807, 2.05) is 12.1 Å². The number of rotatable bonds is 3. The molecule has 1 aromatic carbocycles. The molecule has 1 aliphatic rings.